The number of hydrogen-bond acceptors (Lipinski definition) is 4. The zero-order chi connectivity index (χ0) is 12.6. The second kappa shape index (κ2) is 7.56. The first-order chi connectivity index (χ1) is 8.84. The van der Waals surface area contributed by atoms with E-state index in [9.17, 15) is 0 Å². The molecule has 1 heterocycles. The van der Waals surface area contributed by atoms with E-state index in [2.05, 4.69) is 17.3 Å². The fourth-order valence-electron chi connectivity index (χ4n) is 1.76. The summed E-state index contributed by atoms with van der Waals surface area (Å²) in [7, 11) is 2.14. The lowest BCUT2D eigenvalue weighted by molar-refractivity contribution is 0.104. The molecular weight excluding hydrogens is 228 g/mol. The average molecular weight is 252 g/mol. The molecule has 0 bridgehead atoms. The first-order valence-electron chi connectivity index (χ1n) is 6.82. The van der Waals surface area contributed by atoms with Gasteiger partial charge in [-0.1, -0.05) is 0 Å². The number of likely N-dealkylation sites (N-methyl/N-ethyl adjacent to an activating group) is 1. The Hall–Kier alpha value is -0.840. The van der Waals surface area contributed by atoms with Crippen LogP contribution in [0.4, 0.5) is 0 Å². The molecule has 0 atom stereocenters. The Morgan fingerprint density at radius 1 is 1.44 bits per heavy atom. The molecule has 1 fully saturated rings. The first-order valence-corrected chi connectivity index (χ1v) is 6.82. The SMILES string of the molecule is CN(CCNCc1ccoc1)CCOCC1CC1. The summed E-state index contributed by atoms with van der Waals surface area (Å²) >= 11 is 0. The molecule has 0 amide bonds. The fourth-order valence-corrected chi connectivity index (χ4v) is 1.76. The molecule has 0 radical (unpaired) electrons. The van der Waals surface area contributed by atoms with Crippen LogP contribution < -0.4 is 5.32 Å². The summed E-state index contributed by atoms with van der Waals surface area (Å²) in [4.78, 5) is 2.30. The molecule has 1 aromatic rings. The monoisotopic (exact) mass is 252 g/mol. The van der Waals surface area contributed by atoms with Gasteiger partial charge >= 0.3 is 0 Å². The standard InChI is InChI=1S/C14H24N2O2/c1-16(7-9-18-11-13-2-3-13)6-5-15-10-14-4-8-17-12-14/h4,8,12-13,15H,2-3,5-7,9-11H2,1H3. The minimum atomic E-state index is 0.856. The van der Waals surface area contributed by atoms with Gasteiger partial charge in [-0.2, -0.15) is 0 Å². The highest BCUT2D eigenvalue weighted by Gasteiger charge is 2.20. The molecular formula is C14H24N2O2. The maximum Gasteiger partial charge on any atom is 0.0947 e. The van der Waals surface area contributed by atoms with E-state index < -0.39 is 0 Å². The van der Waals surface area contributed by atoms with E-state index in [1.807, 2.05) is 6.07 Å². The van der Waals surface area contributed by atoms with Crippen molar-refractivity contribution in [2.75, 3.05) is 39.9 Å². The second-order valence-electron chi connectivity index (χ2n) is 5.13. The fraction of sp³-hybridized carbons (Fsp3) is 0.714. The number of ether oxygens (including phenoxy) is 1. The molecule has 0 aromatic carbocycles. The van der Waals surface area contributed by atoms with Crippen LogP contribution >= 0.6 is 0 Å². The van der Waals surface area contributed by atoms with Crippen LogP contribution in [0.2, 0.25) is 0 Å². The van der Waals surface area contributed by atoms with E-state index in [4.69, 9.17) is 9.15 Å². The van der Waals surface area contributed by atoms with Crippen LogP contribution in [0.1, 0.15) is 18.4 Å². The Bertz CT molecular complexity index is 310. The predicted octanol–water partition coefficient (Wildman–Crippen LogP) is 1.73. The zero-order valence-corrected chi connectivity index (χ0v) is 11.2. The first kappa shape index (κ1) is 13.6. The molecule has 0 spiro atoms. The molecule has 0 unspecified atom stereocenters. The Kier molecular flexibility index (Phi) is 5.71. The van der Waals surface area contributed by atoms with Crippen LogP contribution in [-0.2, 0) is 11.3 Å². The summed E-state index contributed by atoms with van der Waals surface area (Å²) in [5.74, 6) is 0.868. The van der Waals surface area contributed by atoms with Gasteiger partial charge in [0.1, 0.15) is 0 Å². The Labute approximate surface area is 109 Å². The maximum absolute atomic E-state index is 5.62. The van der Waals surface area contributed by atoms with Gasteiger partial charge in [0.15, 0.2) is 0 Å². The van der Waals surface area contributed by atoms with E-state index >= 15 is 0 Å². The highest BCUT2D eigenvalue weighted by molar-refractivity contribution is 5.04. The van der Waals surface area contributed by atoms with Crippen LogP contribution in [-0.4, -0.2) is 44.8 Å². The Morgan fingerprint density at radius 3 is 3.06 bits per heavy atom. The van der Waals surface area contributed by atoms with Crippen molar-refractivity contribution in [1.82, 2.24) is 10.2 Å². The van der Waals surface area contributed by atoms with Crippen molar-refractivity contribution < 1.29 is 9.15 Å². The molecule has 102 valence electrons. The molecule has 1 aliphatic carbocycles. The van der Waals surface area contributed by atoms with E-state index in [0.717, 1.165) is 45.3 Å². The minimum absolute atomic E-state index is 0.856. The van der Waals surface area contributed by atoms with Crippen molar-refractivity contribution in [3.05, 3.63) is 24.2 Å². The second-order valence-corrected chi connectivity index (χ2v) is 5.13. The van der Waals surface area contributed by atoms with E-state index in [-0.39, 0.29) is 0 Å². The quantitative estimate of drug-likeness (QED) is 0.644. The third kappa shape index (κ3) is 5.67. The van der Waals surface area contributed by atoms with Gasteiger partial charge in [-0.05, 0) is 31.9 Å². The van der Waals surface area contributed by atoms with Gasteiger partial charge in [-0.15, -0.1) is 0 Å². The minimum Gasteiger partial charge on any atom is -0.472 e. The van der Waals surface area contributed by atoms with Crippen LogP contribution in [0.25, 0.3) is 0 Å². The predicted molar refractivity (Wildman–Crippen MR) is 71.5 cm³/mol. The van der Waals surface area contributed by atoms with Gasteiger partial charge in [-0.25, -0.2) is 0 Å². The molecule has 2 rings (SSSR count). The molecule has 1 aromatic heterocycles. The van der Waals surface area contributed by atoms with Gasteiger partial charge in [0.05, 0.1) is 19.1 Å². The highest BCUT2D eigenvalue weighted by atomic mass is 16.5. The van der Waals surface area contributed by atoms with Gasteiger partial charge in [0, 0.05) is 38.3 Å². The number of furan rings is 1. The number of rotatable bonds is 10. The van der Waals surface area contributed by atoms with E-state index in [1.54, 1.807) is 12.5 Å². The molecule has 1 saturated carbocycles. The number of nitrogens with zero attached hydrogens (tertiary/aromatic N) is 1. The Morgan fingerprint density at radius 2 is 2.33 bits per heavy atom. The smallest absolute Gasteiger partial charge is 0.0947 e. The number of hydrogen-bond donors (Lipinski definition) is 1. The molecule has 4 nitrogen and oxygen atoms in total. The largest absolute Gasteiger partial charge is 0.472 e. The summed E-state index contributed by atoms with van der Waals surface area (Å²) in [6, 6.07) is 1.99. The molecule has 0 saturated heterocycles. The highest BCUT2D eigenvalue weighted by Crippen LogP contribution is 2.28. The molecule has 1 N–H and O–H groups in total. The zero-order valence-electron chi connectivity index (χ0n) is 11.2. The topological polar surface area (TPSA) is 37.6 Å². The lowest BCUT2D eigenvalue weighted by Crippen LogP contribution is -2.31. The van der Waals surface area contributed by atoms with Crippen LogP contribution in [0, 0.1) is 5.92 Å². The van der Waals surface area contributed by atoms with Crippen molar-refractivity contribution in [2.24, 2.45) is 5.92 Å². The lowest BCUT2D eigenvalue weighted by Gasteiger charge is -2.16. The van der Waals surface area contributed by atoms with Crippen LogP contribution in [0.3, 0.4) is 0 Å². The molecule has 1 aliphatic rings. The van der Waals surface area contributed by atoms with Gasteiger partial charge in [-0.3, -0.25) is 0 Å². The van der Waals surface area contributed by atoms with Crippen molar-refractivity contribution in [3.63, 3.8) is 0 Å². The summed E-state index contributed by atoms with van der Waals surface area (Å²) < 4.78 is 10.6. The summed E-state index contributed by atoms with van der Waals surface area (Å²) in [6.45, 7) is 5.75. The summed E-state index contributed by atoms with van der Waals surface area (Å²) in [5, 5.41) is 3.39. The number of nitrogens with one attached hydrogen (secondary N) is 1. The van der Waals surface area contributed by atoms with E-state index in [1.165, 1.54) is 18.4 Å². The molecule has 18 heavy (non-hydrogen) atoms. The summed E-state index contributed by atoms with van der Waals surface area (Å²) in [5.41, 5.74) is 1.20. The molecule has 4 heteroatoms. The van der Waals surface area contributed by atoms with Gasteiger partial charge in [0.25, 0.3) is 0 Å². The normalized spacial score (nSPS) is 15.4. The van der Waals surface area contributed by atoms with Gasteiger partial charge in [0.2, 0.25) is 0 Å². The summed E-state index contributed by atoms with van der Waals surface area (Å²) in [6.07, 6.45) is 6.23. The third-order valence-electron chi connectivity index (χ3n) is 3.25. The maximum atomic E-state index is 5.62. The average Bonchev–Trinajstić information content (AvgIpc) is 3.05. The third-order valence-corrected chi connectivity index (χ3v) is 3.25. The van der Waals surface area contributed by atoms with Crippen LogP contribution in [0.5, 0.6) is 0 Å². The van der Waals surface area contributed by atoms with Gasteiger partial charge < -0.3 is 19.4 Å². The van der Waals surface area contributed by atoms with Crippen molar-refractivity contribution in [2.45, 2.75) is 19.4 Å². The van der Waals surface area contributed by atoms with E-state index in [0.29, 0.717) is 0 Å². The lowest BCUT2D eigenvalue weighted by atomic mass is 10.3. The van der Waals surface area contributed by atoms with Crippen LogP contribution in [0.15, 0.2) is 23.0 Å². The molecule has 0 aliphatic heterocycles. The van der Waals surface area contributed by atoms with Crippen molar-refractivity contribution >= 4 is 0 Å². The van der Waals surface area contributed by atoms with Crippen molar-refractivity contribution in [3.8, 4) is 0 Å². The Balaban J connectivity index is 1.40. The van der Waals surface area contributed by atoms with Crippen molar-refractivity contribution in [1.29, 1.82) is 0 Å².